The van der Waals surface area contributed by atoms with E-state index in [2.05, 4.69) is 15.2 Å². The van der Waals surface area contributed by atoms with E-state index in [1.807, 2.05) is 43.3 Å². The highest BCUT2D eigenvalue weighted by molar-refractivity contribution is 7.79. The van der Waals surface area contributed by atoms with Crippen LogP contribution in [0.4, 0.5) is 11.5 Å². The largest absolute Gasteiger partial charge is 0.726 e. The Labute approximate surface area is 172 Å². The third-order valence-electron chi connectivity index (χ3n) is 3.95. The number of carbonyl (C=O) groups is 1. The van der Waals surface area contributed by atoms with Gasteiger partial charge in [-0.25, -0.2) is 13.1 Å². The van der Waals surface area contributed by atoms with Crippen molar-refractivity contribution in [3.8, 4) is 5.69 Å². The maximum atomic E-state index is 13.0. The Morgan fingerprint density at radius 2 is 1.80 bits per heavy atom. The van der Waals surface area contributed by atoms with Gasteiger partial charge in [-0.05, 0) is 26.0 Å². The predicted molar refractivity (Wildman–Crippen MR) is 106 cm³/mol. The SMILES string of the molecule is Cc1cc(N(C)C(=O)c2c([N+]#N)c(C)nn2C)n(-c2ccccc2)n1.O=S(=O)([O-])O. The molecular formula is C17H19N7O5S. The Kier molecular flexibility index (Phi) is 6.67. The van der Waals surface area contributed by atoms with Gasteiger partial charge in [-0.15, -0.1) is 0 Å². The molecule has 0 spiro atoms. The van der Waals surface area contributed by atoms with E-state index in [0.29, 0.717) is 11.5 Å². The van der Waals surface area contributed by atoms with Gasteiger partial charge < -0.3 is 4.55 Å². The van der Waals surface area contributed by atoms with Gasteiger partial charge in [0.15, 0.2) is 10.7 Å². The lowest BCUT2D eigenvalue weighted by atomic mass is 10.2. The van der Waals surface area contributed by atoms with Crippen LogP contribution in [-0.2, 0) is 17.4 Å². The smallest absolute Gasteiger partial charge is 0.438 e. The quantitative estimate of drug-likeness (QED) is 0.372. The van der Waals surface area contributed by atoms with Crippen molar-refractivity contribution in [3.05, 3.63) is 58.5 Å². The van der Waals surface area contributed by atoms with Gasteiger partial charge in [0.1, 0.15) is 5.82 Å². The van der Waals surface area contributed by atoms with Crippen LogP contribution < -0.4 is 4.90 Å². The molecule has 1 aromatic carbocycles. The molecule has 2 heterocycles. The third kappa shape index (κ3) is 5.26. The minimum atomic E-state index is -4.92. The fourth-order valence-corrected chi connectivity index (χ4v) is 2.75. The number of aryl methyl sites for hydroxylation is 3. The molecule has 0 saturated heterocycles. The first-order valence-corrected chi connectivity index (χ1v) is 9.77. The second-order valence-corrected chi connectivity index (χ2v) is 7.04. The van der Waals surface area contributed by atoms with Gasteiger partial charge in [0.05, 0.1) is 11.4 Å². The molecule has 158 valence electrons. The summed E-state index contributed by atoms with van der Waals surface area (Å²) in [5.41, 5.74) is 2.49. The van der Waals surface area contributed by atoms with E-state index < -0.39 is 10.4 Å². The number of para-hydroxylation sites is 1. The average Bonchev–Trinajstić information content (AvgIpc) is 3.18. The summed E-state index contributed by atoms with van der Waals surface area (Å²) in [6.07, 6.45) is 0. The first kappa shape index (κ1) is 22.7. The maximum absolute atomic E-state index is 13.0. The molecule has 3 aromatic rings. The molecule has 0 radical (unpaired) electrons. The van der Waals surface area contributed by atoms with Crippen LogP contribution in [0.5, 0.6) is 0 Å². The number of diazo groups is 1. The van der Waals surface area contributed by atoms with Crippen molar-refractivity contribution >= 4 is 27.8 Å². The first-order valence-electron chi connectivity index (χ1n) is 8.41. The summed E-state index contributed by atoms with van der Waals surface area (Å²) in [5, 5.41) is 17.9. The summed E-state index contributed by atoms with van der Waals surface area (Å²) < 4.78 is 35.9. The van der Waals surface area contributed by atoms with Gasteiger partial charge in [0.2, 0.25) is 21.5 Å². The minimum Gasteiger partial charge on any atom is -0.726 e. The second kappa shape index (κ2) is 8.82. The Bertz CT molecular complexity index is 1200. The molecule has 0 fully saturated rings. The summed E-state index contributed by atoms with van der Waals surface area (Å²) in [6.45, 7) is 3.55. The van der Waals surface area contributed by atoms with E-state index in [0.717, 1.165) is 11.4 Å². The van der Waals surface area contributed by atoms with Crippen LogP contribution >= 0.6 is 0 Å². The molecule has 30 heavy (non-hydrogen) atoms. The topological polar surface area (TPSA) is 162 Å². The number of hydrogen-bond donors (Lipinski definition) is 1. The highest BCUT2D eigenvalue weighted by Gasteiger charge is 2.33. The molecule has 1 N–H and O–H groups in total. The number of carbonyl (C=O) groups excluding carboxylic acids is 1. The standard InChI is InChI=1S/C17H18N7O.H2O4S/c1-11-10-14(24(20-11)13-8-6-5-7-9-13)22(3)17(25)16-15(19-18)12(2)21-23(16)4;1-5(2,3)4/h5-10H,1-4H3;(H2,1,2,3,4)/q+1;/p-1. The van der Waals surface area contributed by atoms with Crippen molar-refractivity contribution in [3.63, 3.8) is 0 Å². The molecule has 0 atom stereocenters. The lowest BCUT2D eigenvalue weighted by Crippen LogP contribution is -2.30. The van der Waals surface area contributed by atoms with Gasteiger partial charge in [-0.1, -0.05) is 18.2 Å². The van der Waals surface area contributed by atoms with Gasteiger partial charge in [-0.2, -0.15) is 10.2 Å². The monoisotopic (exact) mass is 433 g/mol. The zero-order chi connectivity index (χ0) is 22.6. The number of rotatable bonds is 3. The molecule has 0 saturated carbocycles. The Hall–Kier alpha value is -3.60. The fourth-order valence-electron chi connectivity index (χ4n) is 2.75. The molecule has 12 nitrogen and oxygen atoms in total. The van der Waals surface area contributed by atoms with Gasteiger partial charge in [-0.3, -0.25) is 18.9 Å². The highest BCUT2D eigenvalue weighted by atomic mass is 32.3. The molecule has 0 aliphatic heterocycles. The van der Waals surface area contributed by atoms with Gasteiger partial charge in [0, 0.05) is 20.2 Å². The maximum Gasteiger partial charge on any atom is 0.438 e. The molecule has 0 unspecified atom stereocenters. The highest BCUT2D eigenvalue weighted by Crippen LogP contribution is 2.27. The number of hydrogen-bond acceptors (Lipinski definition) is 7. The van der Waals surface area contributed by atoms with E-state index in [9.17, 15) is 10.2 Å². The van der Waals surface area contributed by atoms with E-state index >= 15 is 0 Å². The van der Waals surface area contributed by atoms with Crippen LogP contribution in [0.15, 0.2) is 36.4 Å². The van der Waals surface area contributed by atoms with Crippen molar-refractivity contribution in [2.24, 2.45) is 7.05 Å². The van der Waals surface area contributed by atoms with Gasteiger partial charge in [0.25, 0.3) is 5.91 Å². The molecule has 0 aliphatic carbocycles. The zero-order valence-corrected chi connectivity index (χ0v) is 17.4. The number of nitrogens with zero attached hydrogens (tertiary/aromatic N) is 7. The number of amides is 1. The van der Waals surface area contributed by atoms with Crippen LogP contribution in [0.1, 0.15) is 21.9 Å². The number of anilines is 1. The second-order valence-electron chi connectivity index (χ2n) is 6.19. The lowest BCUT2D eigenvalue weighted by Gasteiger charge is -2.17. The van der Waals surface area contributed by atoms with Crippen molar-refractivity contribution in [1.82, 2.24) is 19.6 Å². The molecule has 3 rings (SSSR count). The van der Waals surface area contributed by atoms with E-state index in [-0.39, 0.29) is 17.3 Å². The minimum absolute atomic E-state index is 0.168. The third-order valence-corrected chi connectivity index (χ3v) is 3.95. The van der Waals surface area contributed by atoms with Crippen LogP contribution in [-0.4, -0.2) is 50.0 Å². The van der Waals surface area contributed by atoms with Crippen molar-refractivity contribution in [2.45, 2.75) is 13.8 Å². The average molecular weight is 433 g/mol. The summed E-state index contributed by atoms with van der Waals surface area (Å²) in [6, 6.07) is 11.4. The Morgan fingerprint density at radius 3 is 2.33 bits per heavy atom. The molecule has 0 bridgehead atoms. The Balaban J connectivity index is 0.000000575. The van der Waals surface area contributed by atoms with Crippen molar-refractivity contribution in [2.75, 3.05) is 11.9 Å². The molecule has 2 aromatic heterocycles. The predicted octanol–water partition coefficient (Wildman–Crippen LogP) is 1.99. The summed E-state index contributed by atoms with van der Waals surface area (Å²) in [5.74, 6) is 0.268. The molecule has 13 heteroatoms. The zero-order valence-electron chi connectivity index (χ0n) is 16.6. The van der Waals surface area contributed by atoms with E-state index in [4.69, 9.17) is 17.5 Å². The van der Waals surface area contributed by atoms with Crippen LogP contribution in [0.3, 0.4) is 0 Å². The van der Waals surface area contributed by atoms with Crippen LogP contribution in [0, 0.1) is 19.2 Å². The fraction of sp³-hybridized carbons (Fsp3) is 0.235. The lowest BCUT2D eigenvalue weighted by molar-refractivity contribution is 0.0983. The normalized spacial score (nSPS) is 10.7. The van der Waals surface area contributed by atoms with Crippen molar-refractivity contribution < 1.29 is 22.3 Å². The van der Waals surface area contributed by atoms with E-state index in [1.54, 1.807) is 25.7 Å². The van der Waals surface area contributed by atoms with Crippen LogP contribution in [0.25, 0.3) is 10.7 Å². The van der Waals surface area contributed by atoms with E-state index in [1.165, 1.54) is 9.58 Å². The summed E-state index contributed by atoms with van der Waals surface area (Å²) in [4.78, 5) is 17.7. The number of aromatic nitrogens is 4. The molecular weight excluding hydrogens is 414 g/mol. The first-order chi connectivity index (χ1) is 13.9. The summed E-state index contributed by atoms with van der Waals surface area (Å²) in [7, 11) is -1.62. The molecule has 1 amide bonds. The van der Waals surface area contributed by atoms with Crippen molar-refractivity contribution in [1.29, 1.82) is 5.39 Å². The molecule has 0 aliphatic rings. The van der Waals surface area contributed by atoms with Crippen LogP contribution in [0.2, 0.25) is 0 Å². The van der Waals surface area contributed by atoms with Gasteiger partial charge >= 0.3 is 5.69 Å². The number of benzene rings is 1. The Morgan fingerprint density at radius 1 is 1.23 bits per heavy atom. The summed E-state index contributed by atoms with van der Waals surface area (Å²) >= 11 is 0.